The molecule has 1 atom stereocenters. The van der Waals surface area contributed by atoms with E-state index in [0.717, 1.165) is 33.9 Å². The molecule has 10 aromatic rings. The molecule has 2 heterocycles. The van der Waals surface area contributed by atoms with Crippen LogP contribution < -0.4 is 15.0 Å². The lowest BCUT2D eigenvalue weighted by molar-refractivity contribution is 0.263. The molecule has 0 bridgehead atoms. The molecular formula is C50H34N2OS. The first-order valence-electron chi connectivity index (χ1n) is 18.4. The molecule has 0 fully saturated rings. The molecule has 1 aliphatic rings. The highest BCUT2D eigenvalue weighted by Crippen LogP contribution is 2.54. The van der Waals surface area contributed by atoms with E-state index in [0.29, 0.717) is 0 Å². The minimum Gasteiger partial charge on any atom is -0.464 e. The van der Waals surface area contributed by atoms with Gasteiger partial charge in [0.15, 0.2) is 12.0 Å². The summed E-state index contributed by atoms with van der Waals surface area (Å²) in [6.45, 7) is 0. The molecule has 0 amide bonds. The van der Waals surface area contributed by atoms with Crippen molar-refractivity contribution in [2.75, 3.05) is 17.3 Å². The van der Waals surface area contributed by atoms with Gasteiger partial charge >= 0.3 is 0 Å². The SMILES string of the molecule is CN(c1ccc(C2Nc3c(-c4cc5ccccc5c5ccccc45)cc4sc5ccccc5c4c3O2)cc1)c1cc2ccccc2cc1-c1ccccc1. The van der Waals surface area contributed by atoms with E-state index >= 15 is 0 Å². The zero-order valence-electron chi connectivity index (χ0n) is 29.6. The number of thiophene rings is 1. The Kier molecular flexibility index (Phi) is 7.01. The van der Waals surface area contributed by atoms with Gasteiger partial charge in [0.05, 0.1) is 5.69 Å². The third-order valence-corrected chi connectivity index (χ3v) is 12.2. The second-order valence-electron chi connectivity index (χ2n) is 14.2. The van der Waals surface area contributed by atoms with Gasteiger partial charge in [-0.3, -0.25) is 0 Å². The first kappa shape index (κ1) is 31.0. The number of hydrogen-bond donors (Lipinski definition) is 1. The summed E-state index contributed by atoms with van der Waals surface area (Å²) in [7, 11) is 2.16. The van der Waals surface area contributed by atoms with Crippen LogP contribution in [0.25, 0.3) is 74.7 Å². The lowest BCUT2D eigenvalue weighted by Gasteiger charge is -2.24. The van der Waals surface area contributed by atoms with Crippen LogP contribution in [0.4, 0.5) is 17.1 Å². The number of ether oxygens (including phenoxy) is 1. The highest BCUT2D eigenvalue weighted by molar-refractivity contribution is 7.26. The van der Waals surface area contributed by atoms with Crippen molar-refractivity contribution in [1.29, 1.82) is 0 Å². The van der Waals surface area contributed by atoms with Crippen molar-refractivity contribution >= 4 is 80.9 Å². The van der Waals surface area contributed by atoms with Crippen LogP contribution in [0.5, 0.6) is 5.75 Å². The van der Waals surface area contributed by atoms with Crippen molar-refractivity contribution in [1.82, 2.24) is 0 Å². The predicted molar refractivity (Wildman–Crippen MR) is 231 cm³/mol. The van der Waals surface area contributed by atoms with Crippen molar-refractivity contribution in [2.45, 2.75) is 6.23 Å². The number of nitrogens with zero attached hydrogens (tertiary/aromatic N) is 1. The van der Waals surface area contributed by atoms with E-state index in [1.807, 2.05) is 11.3 Å². The Hall–Kier alpha value is -6.62. The van der Waals surface area contributed by atoms with E-state index in [-0.39, 0.29) is 6.23 Å². The number of fused-ring (bicyclic) bond motifs is 9. The second-order valence-corrected chi connectivity index (χ2v) is 15.2. The topological polar surface area (TPSA) is 24.5 Å². The molecular weight excluding hydrogens is 677 g/mol. The van der Waals surface area contributed by atoms with Crippen LogP contribution >= 0.6 is 11.3 Å². The summed E-state index contributed by atoms with van der Waals surface area (Å²) in [5.74, 6) is 0.923. The zero-order valence-corrected chi connectivity index (χ0v) is 30.4. The largest absolute Gasteiger partial charge is 0.464 e. The van der Waals surface area contributed by atoms with E-state index in [9.17, 15) is 0 Å². The summed E-state index contributed by atoms with van der Waals surface area (Å²) in [6, 6.07) is 63.6. The summed E-state index contributed by atoms with van der Waals surface area (Å²) in [5, 5.41) is 13.7. The monoisotopic (exact) mass is 710 g/mol. The molecule has 0 aliphatic carbocycles. The molecule has 0 saturated carbocycles. The first-order valence-corrected chi connectivity index (χ1v) is 19.2. The van der Waals surface area contributed by atoms with Gasteiger partial charge in [-0.25, -0.2) is 0 Å². The van der Waals surface area contributed by atoms with Gasteiger partial charge in [-0.2, -0.15) is 0 Å². The summed E-state index contributed by atoms with van der Waals surface area (Å²) in [6.07, 6.45) is -0.338. The molecule has 54 heavy (non-hydrogen) atoms. The number of rotatable bonds is 5. The molecule has 0 saturated heterocycles. The van der Waals surface area contributed by atoms with Crippen LogP contribution in [0, 0.1) is 0 Å². The number of nitrogens with one attached hydrogen (secondary N) is 1. The minimum absolute atomic E-state index is 0.338. The lowest BCUT2D eigenvalue weighted by atomic mass is 9.91. The van der Waals surface area contributed by atoms with Crippen molar-refractivity contribution in [2.24, 2.45) is 0 Å². The Morgan fingerprint density at radius 2 is 1.15 bits per heavy atom. The first-order chi connectivity index (χ1) is 26.7. The summed E-state index contributed by atoms with van der Waals surface area (Å²) in [4.78, 5) is 2.29. The van der Waals surface area contributed by atoms with Gasteiger partial charge in [0.25, 0.3) is 0 Å². The van der Waals surface area contributed by atoms with Crippen molar-refractivity contribution < 1.29 is 4.74 Å². The molecule has 3 nitrogen and oxygen atoms in total. The van der Waals surface area contributed by atoms with Crippen LogP contribution in [-0.4, -0.2) is 7.05 Å². The number of hydrogen-bond acceptors (Lipinski definition) is 4. The van der Waals surface area contributed by atoms with Gasteiger partial charge in [-0.1, -0.05) is 133 Å². The molecule has 1 aliphatic heterocycles. The maximum Gasteiger partial charge on any atom is 0.196 e. The van der Waals surface area contributed by atoms with Crippen LogP contribution in [0.3, 0.4) is 0 Å². The van der Waals surface area contributed by atoms with E-state index in [1.54, 1.807) is 0 Å². The average molecular weight is 711 g/mol. The minimum atomic E-state index is -0.338. The molecule has 9 aromatic carbocycles. The van der Waals surface area contributed by atoms with E-state index in [1.165, 1.54) is 69.2 Å². The number of benzene rings is 9. The molecule has 256 valence electrons. The quantitative estimate of drug-likeness (QED) is 0.180. The zero-order chi connectivity index (χ0) is 35.8. The van der Waals surface area contributed by atoms with Gasteiger partial charge in [0.1, 0.15) is 0 Å². The highest BCUT2D eigenvalue weighted by Gasteiger charge is 2.31. The van der Waals surface area contributed by atoms with E-state index in [2.05, 4.69) is 193 Å². The Morgan fingerprint density at radius 1 is 0.519 bits per heavy atom. The third kappa shape index (κ3) is 4.88. The Bertz CT molecular complexity index is 3080. The fraction of sp³-hybridized carbons (Fsp3) is 0.0400. The Balaban J connectivity index is 1.02. The Morgan fingerprint density at radius 3 is 1.94 bits per heavy atom. The van der Waals surface area contributed by atoms with E-state index < -0.39 is 0 Å². The maximum absolute atomic E-state index is 7.03. The van der Waals surface area contributed by atoms with Crippen molar-refractivity contribution in [3.05, 3.63) is 181 Å². The summed E-state index contributed by atoms with van der Waals surface area (Å²) >= 11 is 1.83. The van der Waals surface area contributed by atoms with Gasteiger partial charge in [0.2, 0.25) is 0 Å². The predicted octanol–water partition coefficient (Wildman–Crippen LogP) is 14.1. The van der Waals surface area contributed by atoms with Crippen molar-refractivity contribution in [3.8, 4) is 28.0 Å². The van der Waals surface area contributed by atoms with Crippen LogP contribution in [0.15, 0.2) is 176 Å². The van der Waals surface area contributed by atoms with Gasteiger partial charge in [0, 0.05) is 55.3 Å². The maximum atomic E-state index is 7.03. The third-order valence-electron chi connectivity index (χ3n) is 11.1. The smallest absolute Gasteiger partial charge is 0.196 e. The molecule has 11 rings (SSSR count). The van der Waals surface area contributed by atoms with Crippen molar-refractivity contribution in [3.63, 3.8) is 0 Å². The second kappa shape index (κ2) is 12.2. The van der Waals surface area contributed by atoms with E-state index in [4.69, 9.17) is 4.74 Å². The lowest BCUT2D eigenvalue weighted by Crippen LogP contribution is -2.13. The Labute approximate surface area is 317 Å². The summed E-state index contributed by atoms with van der Waals surface area (Å²) < 4.78 is 9.52. The molecule has 1 aromatic heterocycles. The molecule has 1 unspecified atom stereocenters. The van der Waals surface area contributed by atoms with Gasteiger partial charge < -0.3 is 15.0 Å². The fourth-order valence-electron chi connectivity index (χ4n) is 8.40. The molecule has 0 spiro atoms. The fourth-order valence-corrected chi connectivity index (χ4v) is 9.54. The molecule has 0 radical (unpaired) electrons. The standard InChI is InChI=1S/C50H34N2OS/c1-52(44-29-34-16-6-5-15-33(34)27-41(44)31-13-3-2-4-14-31)36-25-23-32(24-26-36)50-51-48-43(30-46-47(49(48)53-50)40-21-11-12-22-45(40)54-46)42-28-35-17-7-8-18-37(35)38-19-9-10-20-39(38)42/h2-30,50-51H,1H3. The highest BCUT2D eigenvalue weighted by atomic mass is 32.1. The summed E-state index contributed by atoms with van der Waals surface area (Å²) in [5.41, 5.74) is 9.16. The van der Waals surface area contributed by atoms with Crippen LogP contribution in [0.1, 0.15) is 11.8 Å². The normalized spacial score (nSPS) is 13.8. The van der Waals surface area contributed by atoms with Crippen LogP contribution in [-0.2, 0) is 0 Å². The van der Waals surface area contributed by atoms with Gasteiger partial charge in [-0.05, 0) is 85.9 Å². The molecule has 1 N–H and O–H groups in total. The molecule has 4 heteroatoms. The van der Waals surface area contributed by atoms with Crippen LogP contribution in [0.2, 0.25) is 0 Å². The average Bonchev–Trinajstić information content (AvgIpc) is 3.85. The number of anilines is 3. The van der Waals surface area contributed by atoms with Gasteiger partial charge in [-0.15, -0.1) is 11.3 Å².